The van der Waals surface area contributed by atoms with Crippen molar-refractivity contribution in [2.45, 2.75) is 19.6 Å². The van der Waals surface area contributed by atoms with E-state index in [1.165, 1.54) is 6.92 Å². The van der Waals surface area contributed by atoms with Gasteiger partial charge in [0, 0.05) is 32.4 Å². The van der Waals surface area contributed by atoms with Crippen LogP contribution in [0.5, 0.6) is 0 Å². The zero-order chi connectivity index (χ0) is 18.9. The lowest BCUT2D eigenvalue weighted by Gasteiger charge is -2.22. The fraction of sp³-hybridized carbons (Fsp3) is 0.500. The largest absolute Gasteiger partial charge is 0.471 e. The molecule has 1 aromatic rings. The van der Waals surface area contributed by atoms with E-state index < -0.39 is 12.1 Å². The molecule has 1 rings (SSSR count). The van der Waals surface area contributed by atoms with Crippen molar-refractivity contribution in [3.63, 3.8) is 0 Å². The van der Waals surface area contributed by atoms with Gasteiger partial charge in [0.25, 0.3) is 0 Å². The Morgan fingerprint density at radius 2 is 1.96 bits per heavy atom. The summed E-state index contributed by atoms with van der Waals surface area (Å²) in [4.78, 5) is 23.8. The highest BCUT2D eigenvalue weighted by molar-refractivity contribution is 5.92. The van der Waals surface area contributed by atoms with Gasteiger partial charge in [-0.1, -0.05) is 12.1 Å². The van der Waals surface area contributed by atoms with Crippen LogP contribution in [0.25, 0.3) is 0 Å². The zero-order valence-corrected chi connectivity index (χ0v) is 15.4. The van der Waals surface area contributed by atoms with Crippen LogP contribution in [0, 0.1) is 0 Å². The Balaban J connectivity index is 0.00000625. The van der Waals surface area contributed by atoms with E-state index in [2.05, 4.69) is 10.6 Å². The minimum Gasteiger partial charge on any atom is -0.383 e. The standard InChI is InChI=1S/C16H22F3N3O3.ClH/c1-3-22(15(24)16(17,18)19)11-12-5-4-6-13(9-12)21-14(23)10-20-7-8-25-2;/h4-6,9,20H,3,7-8,10-11H2,1-2H3,(H,21,23);1H. The predicted molar refractivity (Wildman–Crippen MR) is 94.2 cm³/mol. The summed E-state index contributed by atoms with van der Waals surface area (Å²) in [5.41, 5.74) is 0.941. The number of nitrogens with one attached hydrogen (secondary N) is 2. The van der Waals surface area contributed by atoms with Gasteiger partial charge >= 0.3 is 12.1 Å². The van der Waals surface area contributed by atoms with Crippen LogP contribution >= 0.6 is 12.4 Å². The molecule has 0 fully saturated rings. The first kappa shape index (κ1) is 24.2. The fourth-order valence-electron chi connectivity index (χ4n) is 2.06. The number of benzene rings is 1. The average molecular weight is 398 g/mol. The van der Waals surface area contributed by atoms with Gasteiger partial charge in [-0.25, -0.2) is 0 Å². The molecule has 2 amide bonds. The first-order valence-electron chi connectivity index (χ1n) is 7.72. The van der Waals surface area contributed by atoms with Crippen molar-refractivity contribution in [2.75, 3.05) is 38.7 Å². The molecule has 6 nitrogen and oxygen atoms in total. The Kier molecular flexibility index (Phi) is 10.9. The van der Waals surface area contributed by atoms with Crippen molar-refractivity contribution in [3.05, 3.63) is 29.8 Å². The number of carbonyl (C=O) groups excluding carboxylic acids is 2. The molecule has 0 aliphatic rings. The summed E-state index contributed by atoms with van der Waals surface area (Å²) < 4.78 is 42.5. The molecule has 0 saturated carbocycles. The summed E-state index contributed by atoms with van der Waals surface area (Å²) >= 11 is 0. The van der Waals surface area contributed by atoms with E-state index in [0.717, 1.165) is 0 Å². The number of alkyl halides is 3. The van der Waals surface area contributed by atoms with Crippen LogP contribution < -0.4 is 10.6 Å². The number of methoxy groups -OCH3 is 1. The van der Waals surface area contributed by atoms with Crippen LogP contribution in [0.2, 0.25) is 0 Å². The Bertz CT molecular complexity index is 585. The van der Waals surface area contributed by atoms with E-state index in [9.17, 15) is 22.8 Å². The lowest BCUT2D eigenvalue weighted by atomic mass is 10.2. The number of nitrogens with zero attached hydrogens (tertiary/aromatic N) is 1. The summed E-state index contributed by atoms with van der Waals surface area (Å²) in [6, 6.07) is 6.37. The highest BCUT2D eigenvalue weighted by Gasteiger charge is 2.41. The zero-order valence-electron chi connectivity index (χ0n) is 14.6. The highest BCUT2D eigenvalue weighted by atomic mass is 35.5. The Morgan fingerprint density at radius 1 is 1.27 bits per heavy atom. The quantitative estimate of drug-likeness (QED) is 0.627. The number of anilines is 1. The van der Waals surface area contributed by atoms with E-state index in [1.807, 2.05) is 0 Å². The van der Waals surface area contributed by atoms with Crippen LogP contribution in [0.3, 0.4) is 0 Å². The van der Waals surface area contributed by atoms with Crippen LogP contribution in [0.15, 0.2) is 24.3 Å². The van der Waals surface area contributed by atoms with Crippen molar-refractivity contribution >= 4 is 29.9 Å². The molecule has 0 atom stereocenters. The van der Waals surface area contributed by atoms with E-state index in [4.69, 9.17) is 4.74 Å². The van der Waals surface area contributed by atoms with Gasteiger partial charge in [-0.15, -0.1) is 12.4 Å². The Hall–Kier alpha value is -1.84. The topological polar surface area (TPSA) is 70.7 Å². The molecule has 0 unspecified atom stereocenters. The minimum atomic E-state index is -4.91. The molecular weight excluding hydrogens is 375 g/mol. The lowest BCUT2D eigenvalue weighted by molar-refractivity contribution is -0.185. The number of ether oxygens (including phenoxy) is 1. The van der Waals surface area contributed by atoms with Gasteiger partial charge in [0.15, 0.2) is 0 Å². The van der Waals surface area contributed by atoms with E-state index >= 15 is 0 Å². The summed E-state index contributed by atoms with van der Waals surface area (Å²) in [5, 5.41) is 5.52. The molecule has 0 radical (unpaired) electrons. The summed E-state index contributed by atoms with van der Waals surface area (Å²) in [7, 11) is 1.55. The Morgan fingerprint density at radius 3 is 2.54 bits per heavy atom. The van der Waals surface area contributed by atoms with Crippen LogP contribution in [0.1, 0.15) is 12.5 Å². The van der Waals surface area contributed by atoms with Gasteiger partial charge in [0.1, 0.15) is 0 Å². The molecule has 10 heteroatoms. The maximum absolute atomic E-state index is 12.5. The van der Waals surface area contributed by atoms with Gasteiger partial charge in [-0.05, 0) is 24.6 Å². The second-order valence-corrected chi connectivity index (χ2v) is 5.24. The maximum Gasteiger partial charge on any atom is 0.471 e. The molecule has 0 bridgehead atoms. The van der Waals surface area contributed by atoms with Gasteiger partial charge in [0.05, 0.1) is 13.2 Å². The average Bonchev–Trinajstić information content (AvgIpc) is 2.55. The first-order valence-corrected chi connectivity index (χ1v) is 7.72. The third-order valence-corrected chi connectivity index (χ3v) is 3.26. The Labute approximate surface area is 156 Å². The third-order valence-electron chi connectivity index (χ3n) is 3.26. The summed E-state index contributed by atoms with van der Waals surface area (Å²) in [6.45, 7) is 2.29. The number of carbonyl (C=O) groups is 2. The molecule has 0 aliphatic heterocycles. The lowest BCUT2D eigenvalue weighted by Crippen LogP contribution is -2.40. The molecule has 2 N–H and O–H groups in total. The van der Waals surface area contributed by atoms with Crippen molar-refractivity contribution in [1.82, 2.24) is 10.2 Å². The number of rotatable bonds is 9. The van der Waals surface area contributed by atoms with Crippen LogP contribution in [-0.2, 0) is 20.9 Å². The van der Waals surface area contributed by atoms with Crippen LogP contribution in [-0.4, -0.2) is 56.2 Å². The molecule has 0 aromatic heterocycles. The third kappa shape index (κ3) is 8.50. The van der Waals surface area contributed by atoms with Gasteiger partial charge in [-0.2, -0.15) is 13.2 Å². The second-order valence-electron chi connectivity index (χ2n) is 5.24. The minimum absolute atomic E-state index is 0. The molecule has 0 heterocycles. The molecular formula is C16H23ClF3N3O3. The molecule has 0 spiro atoms. The van der Waals surface area contributed by atoms with Crippen molar-refractivity contribution in [3.8, 4) is 0 Å². The van der Waals surface area contributed by atoms with Gasteiger partial charge in [-0.3, -0.25) is 9.59 Å². The van der Waals surface area contributed by atoms with Crippen molar-refractivity contribution < 1.29 is 27.5 Å². The SMILES string of the molecule is CCN(Cc1cccc(NC(=O)CNCCOC)c1)C(=O)C(F)(F)F.Cl. The summed E-state index contributed by atoms with van der Waals surface area (Å²) in [5.74, 6) is -2.17. The number of halogens is 4. The normalized spacial score (nSPS) is 10.8. The van der Waals surface area contributed by atoms with E-state index in [1.54, 1.807) is 31.4 Å². The van der Waals surface area contributed by atoms with Gasteiger partial charge < -0.3 is 20.3 Å². The molecule has 26 heavy (non-hydrogen) atoms. The maximum atomic E-state index is 12.5. The number of hydrogen-bond acceptors (Lipinski definition) is 4. The smallest absolute Gasteiger partial charge is 0.383 e. The van der Waals surface area contributed by atoms with Gasteiger partial charge in [0.2, 0.25) is 5.91 Å². The monoisotopic (exact) mass is 397 g/mol. The highest BCUT2D eigenvalue weighted by Crippen LogP contribution is 2.20. The van der Waals surface area contributed by atoms with E-state index in [-0.39, 0.29) is 37.9 Å². The molecule has 0 saturated heterocycles. The predicted octanol–water partition coefficient (Wildman–Crippen LogP) is 2.19. The molecule has 148 valence electrons. The number of amides is 2. The molecule has 1 aromatic carbocycles. The molecule has 0 aliphatic carbocycles. The van der Waals surface area contributed by atoms with Crippen molar-refractivity contribution in [2.24, 2.45) is 0 Å². The van der Waals surface area contributed by atoms with Crippen molar-refractivity contribution in [1.29, 1.82) is 0 Å². The van der Waals surface area contributed by atoms with E-state index in [0.29, 0.717) is 29.3 Å². The number of hydrogen-bond donors (Lipinski definition) is 2. The second kappa shape index (κ2) is 11.7. The first-order chi connectivity index (χ1) is 11.8. The fourth-order valence-corrected chi connectivity index (χ4v) is 2.06. The van der Waals surface area contributed by atoms with Crippen LogP contribution in [0.4, 0.5) is 18.9 Å². The summed E-state index contributed by atoms with van der Waals surface area (Å²) in [6.07, 6.45) is -4.91.